The van der Waals surface area contributed by atoms with Gasteiger partial charge in [-0.25, -0.2) is 0 Å². The van der Waals surface area contributed by atoms with Crippen molar-refractivity contribution in [2.24, 2.45) is 0 Å². The predicted molar refractivity (Wildman–Crippen MR) is 85.3 cm³/mol. The molecule has 6 heteroatoms. The second-order valence-corrected chi connectivity index (χ2v) is 4.83. The summed E-state index contributed by atoms with van der Waals surface area (Å²) < 4.78 is 5.10. The zero-order chi connectivity index (χ0) is 14.4. The van der Waals surface area contributed by atoms with E-state index in [1.54, 1.807) is 31.6 Å². The Hall–Kier alpha value is -1.85. The molecule has 2 rings (SSSR count). The van der Waals surface area contributed by atoms with Gasteiger partial charge in [0.15, 0.2) is 5.11 Å². The van der Waals surface area contributed by atoms with Crippen LogP contribution in [0.5, 0.6) is 5.75 Å². The lowest BCUT2D eigenvalue weighted by atomic mass is 10.3. The average Bonchev–Trinajstić information content (AvgIpc) is 2.46. The lowest BCUT2D eigenvalue weighted by Gasteiger charge is -2.11. The summed E-state index contributed by atoms with van der Waals surface area (Å²) in [6.45, 7) is 0.637. The molecule has 0 saturated carbocycles. The van der Waals surface area contributed by atoms with Crippen molar-refractivity contribution in [3.8, 4) is 5.75 Å². The first-order valence-corrected chi connectivity index (χ1v) is 6.75. The van der Waals surface area contributed by atoms with Gasteiger partial charge in [0.05, 0.1) is 12.1 Å². The first-order valence-electron chi connectivity index (χ1n) is 5.96. The molecule has 1 aromatic carbocycles. The van der Waals surface area contributed by atoms with Crippen molar-refractivity contribution in [2.75, 3.05) is 12.4 Å². The van der Waals surface area contributed by atoms with E-state index in [4.69, 9.17) is 28.6 Å². The minimum absolute atomic E-state index is 0.531. The molecule has 0 aliphatic rings. The van der Waals surface area contributed by atoms with Gasteiger partial charge in [-0.2, -0.15) is 0 Å². The molecule has 0 amide bonds. The van der Waals surface area contributed by atoms with Crippen molar-refractivity contribution in [3.05, 3.63) is 53.3 Å². The Balaban J connectivity index is 1.90. The molecular weight excluding hydrogens is 294 g/mol. The molecule has 4 nitrogen and oxygen atoms in total. The number of anilines is 1. The fraction of sp³-hybridized carbons (Fsp3) is 0.143. The van der Waals surface area contributed by atoms with E-state index >= 15 is 0 Å². The molecule has 2 aromatic rings. The first-order chi connectivity index (χ1) is 9.69. The van der Waals surface area contributed by atoms with Gasteiger partial charge in [-0.3, -0.25) is 4.98 Å². The van der Waals surface area contributed by atoms with Crippen molar-refractivity contribution >= 4 is 34.6 Å². The van der Waals surface area contributed by atoms with Crippen LogP contribution in [0.25, 0.3) is 0 Å². The molecule has 1 heterocycles. The fourth-order valence-corrected chi connectivity index (χ4v) is 2.05. The molecule has 1 aromatic heterocycles. The van der Waals surface area contributed by atoms with Gasteiger partial charge in [-0.15, -0.1) is 0 Å². The average molecular weight is 308 g/mol. The zero-order valence-corrected chi connectivity index (χ0v) is 12.5. The monoisotopic (exact) mass is 307 g/mol. The maximum atomic E-state index is 6.05. The van der Waals surface area contributed by atoms with Crippen molar-refractivity contribution in [1.82, 2.24) is 10.3 Å². The fourth-order valence-electron chi connectivity index (χ4n) is 1.60. The van der Waals surface area contributed by atoms with Crippen LogP contribution < -0.4 is 15.4 Å². The summed E-state index contributed by atoms with van der Waals surface area (Å²) in [5.41, 5.74) is 1.92. The summed E-state index contributed by atoms with van der Waals surface area (Å²) in [5, 5.41) is 7.25. The predicted octanol–water partition coefficient (Wildman–Crippen LogP) is 3.23. The lowest BCUT2D eigenvalue weighted by Crippen LogP contribution is -2.27. The molecule has 0 atom stereocenters. The molecule has 0 unspecified atom stereocenters. The number of ether oxygens (including phenoxy) is 1. The Morgan fingerprint density at radius 1 is 1.30 bits per heavy atom. The van der Waals surface area contributed by atoms with Gasteiger partial charge in [0.1, 0.15) is 5.75 Å². The number of hydrogen-bond acceptors (Lipinski definition) is 3. The van der Waals surface area contributed by atoms with E-state index in [1.807, 2.05) is 18.2 Å². The molecule has 0 fully saturated rings. The van der Waals surface area contributed by atoms with Crippen molar-refractivity contribution in [3.63, 3.8) is 0 Å². The number of methoxy groups -OCH3 is 1. The quantitative estimate of drug-likeness (QED) is 0.849. The number of aromatic nitrogens is 1. The van der Waals surface area contributed by atoms with Crippen LogP contribution in [0.4, 0.5) is 5.69 Å². The summed E-state index contributed by atoms with van der Waals surface area (Å²) in [6.07, 6.45) is 3.49. The highest BCUT2D eigenvalue weighted by Gasteiger charge is 2.03. The standard InChI is InChI=1S/C14H14ClN3OS/c1-19-13-3-2-11(8-12(13)15)18-14(20)17-9-10-4-6-16-7-5-10/h2-8H,9H2,1H3,(H2,17,18,20). The highest BCUT2D eigenvalue weighted by molar-refractivity contribution is 7.80. The molecule has 0 aliphatic carbocycles. The third-order valence-corrected chi connectivity index (χ3v) is 3.15. The highest BCUT2D eigenvalue weighted by atomic mass is 35.5. The third kappa shape index (κ3) is 4.08. The SMILES string of the molecule is COc1ccc(NC(=S)NCc2ccncc2)cc1Cl. The molecule has 0 saturated heterocycles. The number of nitrogens with zero attached hydrogens (tertiary/aromatic N) is 1. The van der Waals surface area contributed by atoms with E-state index in [0.717, 1.165) is 11.3 Å². The molecule has 104 valence electrons. The van der Waals surface area contributed by atoms with Gasteiger partial charge < -0.3 is 15.4 Å². The number of pyridine rings is 1. The molecule has 0 bridgehead atoms. The van der Waals surface area contributed by atoms with Gasteiger partial charge in [0.25, 0.3) is 0 Å². The molecule has 2 N–H and O–H groups in total. The third-order valence-electron chi connectivity index (χ3n) is 2.61. The molecule has 0 spiro atoms. The van der Waals surface area contributed by atoms with E-state index in [-0.39, 0.29) is 0 Å². The van der Waals surface area contributed by atoms with Gasteiger partial charge in [-0.1, -0.05) is 11.6 Å². The maximum Gasteiger partial charge on any atom is 0.171 e. The van der Waals surface area contributed by atoms with Crippen molar-refractivity contribution in [1.29, 1.82) is 0 Å². The van der Waals surface area contributed by atoms with Crippen LogP contribution in [0, 0.1) is 0 Å². The number of halogens is 1. The van der Waals surface area contributed by atoms with Crippen LogP contribution in [-0.2, 0) is 6.54 Å². The van der Waals surface area contributed by atoms with E-state index in [2.05, 4.69) is 15.6 Å². The number of benzene rings is 1. The van der Waals surface area contributed by atoms with Crippen LogP contribution >= 0.6 is 23.8 Å². The summed E-state index contributed by atoms with van der Waals surface area (Å²) in [5.74, 6) is 0.632. The van der Waals surface area contributed by atoms with Gasteiger partial charge in [0, 0.05) is 24.6 Å². The Morgan fingerprint density at radius 2 is 2.05 bits per heavy atom. The zero-order valence-electron chi connectivity index (χ0n) is 10.9. The smallest absolute Gasteiger partial charge is 0.171 e. The molecule has 0 aliphatic heterocycles. The molecule has 20 heavy (non-hydrogen) atoms. The lowest BCUT2D eigenvalue weighted by molar-refractivity contribution is 0.415. The number of nitrogens with one attached hydrogen (secondary N) is 2. The largest absolute Gasteiger partial charge is 0.495 e. The molecule has 0 radical (unpaired) electrons. The number of thiocarbonyl (C=S) groups is 1. The van der Waals surface area contributed by atoms with E-state index < -0.39 is 0 Å². The highest BCUT2D eigenvalue weighted by Crippen LogP contribution is 2.27. The number of hydrogen-bond donors (Lipinski definition) is 2. The minimum atomic E-state index is 0.531. The molecular formula is C14H14ClN3OS. The van der Waals surface area contributed by atoms with Crippen LogP contribution in [0.1, 0.15) is 5.56 Å². The second kappa shape index (κ2) is 7.07. The Kier molecular flexibility index (Phi) is 5.15. The van der Waals surface area contributed by atoms with Crippen LogP contribution in [0.15, 0.2) is 42.7 Å². The normalized spacial score (nSPS) is 9.90. The van der Waals surface area contributed by atoms with Gasteiger partial charge in [0.2, 0.25) is 0 Å². The van der Waals surface area contributed by atoms with Crippen molar-refractivity contribution in [2.45, 2.75) is 6.54 Å². The topological polar surface area (TPSA) is 46.2 Å². The Labute approximate surface area is 128 Å². The Bertz CT molecular complexity index is 592. The van der Waals surface area contributed by atoms with Crippen LogP contribution in [0.3, 0.4) is 0 Å². The van der Waals surface area contributed by atoms with Gasteiger partial charge in [-0.05, 0) is 48.1 Å². The van der Waals surface area contributed by atoms with Crippen LogP contribution in [-0.4, -0.2) is 17.2 Å². The summed E-state index contributed by atoms with van der Waals surface area (Å²) in [7, 11) is 1.58. The van der Waals surface area contributed by atoms with E-state index in [0.29, 0.717) is 22.4 Å². The number of rotatable bonds is 4. The first kappa shape index (κ1) is 14.6. The summed E-state index contributed by atoms with van der Waals surface area (Å²) in [6, 6.07) is 9.27. The van der Waals surface area contributed by atoms with Gasteiger partial charge >= 0.3 is 0 Å². The van der Waals surface area contributed by atoms with Crippen molar-refractivity contribution < 1.29 is 4.74 Å². The van der Waals surface area contributed by atoms with E-state index in [1.165, 1.54) is 0 Å². The Morgan fingerprint density at radius 3 is 2.70 bits per heavy atom. The second-order valence-electron chi connectivity index (χ2n) is 4.01. The maximum absolute atomic E-state index is 6.05. The van der Waals surface area contributed by atoms with E-state index in [9.17, 15) is 0 Å². The summed E-state index contributed by atoms with van der Waals surface area (Å²) >= 11 is 11.3. The van der Waals surface area contributed by atoms with Crippen LogP contribution in [0.2, 0.25) is 5.02 Å². The summed E-state index contributed by atoms with van der Waals surface area (Å²) in [4.78, 5) is 3.96. The minimum Gasteiger partial charge on any atom is -0.495 e.